The first kappa shape index (κ1) is 27.6. The van der Waals surface area contributed by atoms with Crippen LogP contribution in [0.2, 0.25) is 0 Å². The number of Topliss-reactive ketones (excluding diaryl/α,β-unsaturated/α-hetero) is 2. The molecule has 1 aromatic rings. The molecule has 11 atom stereocenters. The third-order valence-electron chi connectivity index (χ3n) is 11.6. The highest BCUT2D eigenvalue weighted by atomic mass is 16.7. The van der Waals surface area contributed by atoms with Gasteiger partial charge in [-0.15, -0.1) is 0 Å². The monoisotopic (exact) mass is 558 g/mol. The van der Waals surface area contributed by atoms with Crippen molar-refractivity contribution in [2.75, 3.05) is 0 Å². The fourth-order valence-corrected chi connectivity index (χ4v) is 10.5. The van der Waals surface area contributed by atoms with Crippen LogP contribution in [0.5, 0.6) is 0 Å². The number of hydrogen-bond acceptors (Lipinski definition) is 10. The van der Waals surface area contributed by atoms with E-state index in [4.69, 9.17) is 18.6 Å². The van der Waals surface area contributed by atoms with E-state index < -0.39 is 87.3 Å². The van der Waals surface area contributed by atoms with E-state index in [-0.39, 0.29) is 31.5 Å². The number of aliphatic hydroxyl groups excluding tert-OH is 1. The highest BCUT2D eigenvalue weighted by Crippen LogP contribution is 2.78. The summed E-state index contributed by atoms with van der Waals surface area (Å²) in [4.78, 5) is 53.0. The van der Waals surface area contributed by atoms with Gasteiger partial charge in [-0.05, 0) is 38.3 Å². The van der Waals surface area contributed by atoms with Crippen molar-refractivity contribution in [1.29, 1.82) is 0 Å². The van der Waals surface area contributed by atoms with Crippen LogP contribution in [0.4, 0.5) is 0 Å². The zero-order chi connectivity index (χ0) is 29.2. The molecule has 5 fully saturated rings. The summed E-state index contributed by atoms with van der Waals surface area (Å²) < 4.78 is 23.7. The third-order valence-corrected chi connectivity index (χ3v) is 11.6. The summed E-state index contributed by atoms with van der Waals surface area (Å²) in [7, 11) is 0. The van der Waals surface area contributed by atoms with E-state index in [1.807, 2.05) is 6.92 Å². The Morgan fingerprint density at radius 3 is 2.33 bits per heavy atom. The van der Waals surface area contributed by atoms with Gasteiger partial charge in [-0.1, -0.05) is 13.8 Å². The summed E-state index contributed by atoms with van der Waals surface area (Å²) in [5, 5.41) is 24.2. The first-order chi connectivity index (χ1) is 18.6. The van der Waals surface area contributed by atoms with Crippen LogP contribution >= 0.6 is 0 Å². The zero-order valence-corrected chi connectivity index (χ0v) is 23.8. The third kappa shape index (κ3) is 3.05. The van der Waals surface area contributed by atoms with E-state index in [0.29, 0.717) is 0 Å². The number of rotatable bonds is 3. The molecule has 218 valence electrons. The van der Waals surface area contributed by atoms with Crippen molar-refractivity contribution in [3.8, 4) is 0 Å². The van der Waals surface area contributed by atoms with Gasteiger partial charge in [0.05, 0.1) is 24.2 Å². The SMILES string of the molecule is CC(=O)O[C@H]1[C@H](OC(C)=O)[C@]2(C)[C@@H](C(=O)C[C@H]2c2ccoc2)[C@]2(C)[C@H](O)C[C@H]3C(C)(C)O[C@]4(O)C(=O)CC[C@]34[C@@H]12. The molecule has 5 aliphatic rings. The van der Waals surface area contributed by atoms with Gasteiger partial charge in [-0.3, -0.25) is 19.2 Å². The molecule has 0 radical (unpaired) electrons. The number of furan rings is 1. The number of hydrogen-bond donors (Lipinski definition) is 2. The lowest BCUT2D eigenvalue weighted by Crippen LogP contribution is -2.76. The van der Waals surface area contributed by atoms with Crippen LogP contribution in [0.25, 0.3) is 0 Å². The lowest BCUT2D eigenvalue weighted by Gasteiger charge is -2.68. The van der Waals surface area contributed by atoms with Crippen molar-refractivity contribution in [3.63, 3.8) is 0 Å². The molecule has 1 aliphatic heterocycles. The predicted molar refractivity (Wildman–Crippen MR) is 136 cm³/mol. The Balaban J connectivity index is 1.67. The van der Waals surface area contributed by atoms with Gasteiger partial charge in [0.25, 0.3) is 0 Å². The maximum Gasteiger partial charge on any atom is 0.303 e. The molecular weight excluding hydrogens is 520 g/mol. The van der Waals surface area contributed by atoms with Crippen LogP contribution in [-0.4, -0.2) is 63.4 Å². The molecule has 0 bridgehead atoms. The molecule has 1 spiro atoms. The van der Waals surface area contributed by atoms with Crippen molar-refractivity contribution in [3.05, 3.63) is 24.2 Å². The van der Waals surface area contributed by atoms with Gasteiger partial charge in [-0.25, -0.2) is 0 Å². The van der Waals surface area contributed by atoms with E-state index in [1.54, 1.807) is 33.1 Å². The molecule has 2 N–H and O–H groups in total. The normalized spacial score (nSPS) is 48.6. The van der Waals surface area contributed by atoms with Crippen molar-refractivity contribution in [1.82, 2.24) is 0 Å². The molecule has 1 saturated heterocycles. The quantitative estimate of drug-likeness (QED) is 0.530. The summed E-state index contributed by atoms with van der Waals surface area (Å²) in [5.74, 6) is -6.85. The summed E-state index contributed by atoms with van der Waals surface area (Å²) in [6, 6.07) is 1.76. The lowest BCUT2D eigenvalue weighted by atomic mass is 9.37. The van der Waals surface area contributed by atoms with Crippen molar-refractivity contribution in [2.45, 2.75) is 103 Å². The Labute approximate surface area is 232 Å². The molecular formula is C30H38O10. The molecule has 4 saturated carbocycles. The second kappa shape index (κ2) is 8.26. The predicted octanol–water partition coefficient (Wildman–Crippen LogP) is 2.69. The van der Waals surface area contributed by atoms with Crippen LogP contribution < -0.4 is 0 Å². The van der Waals surface area contributed by atoms with Crippen LogP contribution in [0.15, 0.2) is 23.0 Å². The largest absolute Gasteiger partial charge is 0.472 e. The number of carbonyl (C=O) groups excluding carboxylic acids is 4. The maximum absolute atomic E-state index is 14.2. The number of carbonyl (C=O) groups is 4. The number of esters is 2. The average Bonchev–Trinajstić information content (AvgIpc) is 3.55. The highest BCUT2D eigenvalue weighted by molar-refractivity contribution is 5.91. The summed E-state index contributed by atoms with van der Waals surface area (Å²) in [6.45, 7) is 9.73. The van der Waals surface area contributed by atoms with Crippen molar-refractivity contribution in [2.24, 2.45) is 34.0 Å². The first-order valence-electron chi connectivity index (χ1n) is 14.1. The second-order valence-electron chi connectivity index (χ2n) is 13.6. The molecule has 10 nitrogen and oxygen atoms in total. The topological polar surface area (TPSA) is 150 Å². The van der Waals surface area contributed by atoms with Gasteiger partial charge >= 0.3 is 11.9 Å². The maximum atomic E-state index is 14.2. The van der Waals surface area contributed by atoms with Crippen LogP contribution in [-0.2, 0) is 33.4 Å². The van der Waals surface area contributed by atoms with Crippen molar-refractivity contribution < 1.29 is 48.0 Å². The van der Waals surface area contributed by atoms with E-state index in [1.165, 1.54) is 20.1 Å². The van der Waals surface area contributed by atoms with Crippen LogP contribution in [0.3, 0.4) is 0 Å². The molecule has 40 heavy (non-hydrogen) atoms. The van der Waals surface area contributed by atoms with Crippen molar-refractivity contribution >= 4 is 23.5 Å². The molecule has 1 aromatic heterocycles. The molecule has 0 amide bonds. The minimum atomic E-state index is -2.22. The Morgan fingerprint density at radius 1 is 1.05 bits per heavy atom. The minimum absolute atomic E-state index is 0.0320. The summed E-state index contributed by atoms with van der Waals surface area (Å²) in [5.41, 5.74) is -3.95. The summed E-state index contributed by atoms with van der Waals surface area (Å²) >= 11 is 0. The second-order valence-corrected chi connectivity index (χ2v) is 13.6. The van der Waals surface area contributed by atoms with Crippen LogP contribution in [0.1, 0.15) is 78.7 Å². The highest BCUT2D eigenvalue weighted by Gasteiger charge is 2.86. The molecule has 4 aliphatic carbocycles. The Kier molecular flexibility index (Phi) is 5.70. The lowest BCUT2D eigenvalue weighted by molar-refractivity contribution is -0.310. The standard InChI is InChI=1S/C30H38O10/c1-14(31)38-22-24-28(6,21(35)12-19-26(3,4)40-30(36)20(34)7-9-29(19,24)30)23-18(33)11-17(16-8-10-37-13-16)27(23,5)25(22)39-15(2)32/h8,10,13,17,19,21-25,35-36H,7,9,11-12H2,1-6H3/t17-,19-,21+,22+,23+,24-,25-,27-,28-,29+,30+/m0/s1. The number of fused-ring (bicyclic) bond motifs is 3. The zero-order valence-electron chi connectivity index (χ0n) is 23.8. The molecule has 6 rings (SSSR count). The van der Waals surface area contributed by atoms with E-state index in [2.05, 4.69) is 0 Å². The van der Waals surface area contributed by atoms with Gasteiger partial charge < -0.3 is 28.8 Å². The number of aliphatic hydroxyl groups is 2. The van der Waals surface area contributed by atoms with Gasteiger partial charge in [0, 0.05) is 66.6 Å². The minimum Gasteiger partial charge on any atom is -0.472 e. The first-order valence-corrected chi connectivity index (χ1v) is 14.1. The fraction of sp³-hybridized carbons (Fsp3) is 0.733. The number of ether oxygens (including phenoxy) is 3. The number of ketones is 2. The van der Waals surface area contributed by atoms with Gasteiger partial charge in [-0.2, -0.15) is 0 Å². The smallest absolute Gasteiger partial charge is 0.303 e. The van der Waals surface area contributed by atoms with E-state index in [0.717, 1.165) is 5.56 Å². The molecule has 0 aromatic carbocycles. The Morgan fingerprint density at radius 2 is 1.73 bits per heavy atom. The molecule has 0 unspecified atom stereocenters. The van der Waals surface area contributed by atoms with E-state index in [9.17, 15) is 29.4 Å². The fourth-order valence-electron chi connectivity index (χ4n) is 10.5. The average molecular weight is 559 g/mol. The van der Waals surface area contributed by atoms with E-state index >= 15 is 0 Å². The van der Waals surface area contributed by atoms with Gasteiger partial charge in [0.2, 0.25) is 5.79 Å². The van der Waals surface area contributed by atoms with Gasteiger partial charge in [0.15, 0.2) is 5.78 Å². The Hall–Kier alpha value is -2.56. The van der Waals surface area contributed by atoms with Gasteiger partial charge in [0.1, 0.15) is 18.0 Å². The summed E-state index contributed by atoms with van der Waals surface area (Å²) in [6.07, 6.45) is 0.226. The molecule has 10 heteroatoms. The van der Waals surface area contributed by atoms with Crippen LogP contribution in [0, 0.1) is 34.0 Å². The molecule has 2 heterocycles. The Bertz CT molecular complexity index is 1290.